The zero-order chi connectivity index (χ0) is 13.8. The van der Waals surface area contributed by atoms with Crippen molar-refractivity contribution in [2.75, 3.05) is 6.54 Å². The Bertz CT molecular complexity index is 457. The lowest BCUT2D eigenvalue weighted by atomic mass is 10.0. The van der Waals surface area contributed by atoms with Gasteiger partial charge in [0.2, 0.25) is 0 Å². The number of rotatable bonds is 2. The fourth-order valence-electron chi connectivity index (χ4n) is 3.10. The third-order valence-electron chi connectivity index (χ3n) is 4.41. The summed E-state index contributed by atoms with van der Waals surface area (Å²) in [7, 11) is 0. The van der Waals surface area contributed by atoms with Gasteiger partial charge in [0.25, 0.3) is 0 Å². The first kappa shape index (κ1) is 14.0. The molecule has 0 spiro atoms. The first-order valence-corrected chi connectivity index (χ1v) is 8.72. The predicted molar refractivity (Wildman–Crippen MR) is 88.2 cm³/mol. The number of amidine groups is 1. The lowest BCUT2D eigenvalue weighted by Crippen LogP contribution is -2.31. The van der Waals surface area contributed by atoms with Crippen molar-refractivity contribution in [3.63, 3.8) is 0 Å². The summed E-state index contributed by atoms with van der Waals surface area (Å²) in [5.74, 6) is 0.900. The molecule has 3 unspecified atom stereocenters. The number of nitrogens with one attached hydrogen (secondary N) is 1. The van der Waals surface area contributed by atoms with Gasteiger partial charge >= 0.3 is 0 Å². The number of hydrogen-bond acceptors (Lipinski definition) is 3. The number of thioether (sulfide) groups is 1. The van der Waals surface area contributed by atoms with Gasteiger partial charge in [-0.05, 0) is 30.7 Å². The van der Waals surface area contributed by atoms with E-state index in [9.17, 15) is 0 Å². The van der Waals surface area contributed by atoms with Crippen molar-refractivity contribution in [1.29, 1.82) is 0 Å². The van der Waals surface area contributed by atoms with E-state index in [1.807, 2.05) is 11.8 Å². The van der Waals surface area contributed by atoms with Gasteiger partial charge in [-0.25, -0.2) is 0 Å². The minimum Gasteiger partial charge on any atom is -0.362 e. The van der Waals surface area contributed by atoms with Crippen LogP contribution in [0.25, 0.3) is 0 Å². The van der Waals surface area contributed by atoms with Gasteiger partial charge in [-0.15, -0.1) is 0 Å². The summed E-state index contributed by atoms with van der Waals surface area (Å²) in [4.78, 5) is 4.71. The molecule has 1 fully saturated rings. The summed E-state index contributed by atoms with van der Waals surface area (Å²) in [5, 5.41) is 5.36. The van der Waals surface area contributed by atoms with Gasteiger partial charge in [0.05, 0.1) is 11.8 Å². The second-order valence-corrected chi connectivity index (χ2v) is 7.31. The molecule has 2 aliphatic rings. The standard InChI is InChI=1S/C17H24N2S/c1-13-6-5-9-15(11-10-13)19-17-18-12-16(20-17)14-7-3-2-4-8-14/h2-4,7-8,13,15-16H,5-6,9-12H2,1H3,(H,18,19). The summed E-state index contributed by atoms with van der Waals surface area (Å²) in [6, 6.07) is 11.4. The van der Waals surface area contributed by atoms with Gasteiger partial charge in [0, 0.05) is 6.04 Å². The van der Waals surface area contributed by atoms with Crippen LogP contribution in [0.1, 0.15) is 49.8 Å². The number of aliphatic imine (C=N–C) groups is 1. The van der Waals surface area contributed by atoms with E-state index >= 15 is 0 Å². The van der Waals surface area contributed by atoms with Gasteiger partial charge < -0.3 is 5.32 Å². The molecule has 3 atom stereocenters. The molecule has 0 saturated heterocycles. The minimum absolute atomic E-state index is 0.503. The average Bonchev–Trinajstić information content (AvgIpc) is 2.84. The molecule has 1 saturated carbocycles. The Balaban J connectivity index is 1.52. The summed E-state index contributed by atoms with van der Waals surface area (Å²) >= 11 is 1.90. The monoisotopic (exact) mass is 288 g/mol. The van der Waals surface area contributed by atoms with Crippen LogP contribution >= 0.6 is 11.8 Å². The molecule has 0 amide bonds. The predicted octanol–water partition coefficient (Wildman–Crippen LogP) is 4.39. The molecule has 1 heterocycles. The molecule has 0 bridgehead atoms. The largest absolute Gasteiger partial charge is 0.362 e. The molecule has 1 aliphatic heterocycles. The van der Waals surface area contributed by atoms with Crippen molar-refractivity contribution in [2.45, 2.75) is 50.3 Å². The molecule has 1 aromatic rings. The first-order chi connectivity index (χ1) is 9.81. The molecule has 0 aromatic heterocycles. The highest BCUT2D eigenvalue weighted by atomic mass is 32.2. The molecule has 3 rings (SSSR count). The molecule has 1 N–H and O–H groups in total. The lowest BCUT2D eigenvalue weighted by molar-refractivity contribution is 0.490. The molecular weight excluding hydrogens is 264 g/mol. The summed E-state index contributed by atoms with van der Waals surface area (Å²) < 4.78 is 0. The highest BCUT2D eigenvalue weighted by Gasteiger charge is 2.24. The van der Waals surface area contributed by atoms with Gasteiger partial charge in [-0.2, -0.15) is 0 Å². The minimum atomic E-state index is 0.503. The van der Waals surface area contributed by atoms with Gasteiger partial charge in [-0.1, -0.05) is 61.9 Å². The fourth-order valence-corrected chi connectivity index (χ4v) is 4.20. The van der Waals surface area contributed by atoms with Crippen LogP contribution < -0.4 is 5.32 Å². The highest BCUT2D eigenvalue weighted by molar-refractivity contribution is 8.14. The smallest absolute Gasteiger partial charge is 0.157 e. The van der Waals surface area contributed by atoms with Crippen molar-refractivity contribution < 1.29 is 0 Å². The average molecular weight is 288 g/mol. The van der Waals surface area contributed by atoms with Gasteiger partial charge in [-0.3, -0.25) is 4.99 Å². The van der Waals surface area contributed by atoms with Crippen LogP contribution in [0.3, 0.4) is 0 Å². The summed E-state index contributed by atoms with van der Waals surface area (Å²) in [6.07, 6.45) is 6.72. The second kappa shape index (κ2) is 6.66. The highest BCUT2D eigenvalue weighted by Crippen LogP contribution is 2.35. The molecule has 20 heavy (non-hydrogen) atoms. The Morgan fingerprint density at radius 3 is 2.80 bits per heavy atom. The van der Waals surface area contributed by atoms with Crippen LogP contribution in [-0.2, 0) is 0 Å². The van der Waals surface area contributed by atoms with Gasteiger partial charge in [0.1, 0.15) is 0 Å². The zero-order valence-corrected chi connectivity index (χ0v) is 13.0. The molecule has 108 valence electrons. The van der Waals surface area contributed by atoms with E-state index in [1.54, 1.807) is 0 Å². The normalized spacial score (nSPS) is 30.6. The van der Waals surface area contributed by atoms with Crippen molar-refractivity contribution in [1.82, 2.24) is 5.32 Å². The van der Waals surface area contributed by atoms with Crippen LogP contribution in [-0.4, -0.2) is 17.8 Å². The SMILES string of the molecule is CC1CCCC(NC2=NCC(c3ccccc3)S2)CC1. The van der Waals surface area contributed by atoms with Crippen molar-refractivity contribution in [3.05, 3.63) is 35.9 Å². The lowest BCUT2D eigenvalue weighted by Gasteiger charge is -2.17. The number of nitrogens with zero attached hydrogens (tertiary/aromatic N) is 1. The third-order valence-corrected chi connectivity index (χ3v) is 5.59. The molecule has 1 aliphatic carbocycles. The maximum Gasteiger partial charge on any atom is 0.157 e. The quantitative estimate of drug-likeness (QED) is 0.816. The summed E-state index contributed by atoms with van der Waals surface area (Å²) in [5.41, 5.74) is 1.40. The van der Waals surface area contributed by atoms with Crippen LogP contribution in [0.2, 0.25) is 0 Å². The van der Waals surface area contributed by atoms with Crippen LogP contribution in [0.4, 0.5) is 0 Å². The van der Waals surface area contributed by atoms with Gasteiger partial charge in [0.15, 0.2) is 5.17 Å². The maximum absolute atomic E-state index is 4.71. The number of benzene rings is 1. The van der Waals surface area contributed by atoms with E-state index in [2.05, 4.69) is 42.6 Å². The molecule has 1 aromatic carbocycles. The Kier molecular flexibility index (Phi) is 4.66. The van der Waals surface area contributed by atoms with E-state index in [4.69, 9.17) is 4.99 Å². The Morgan fingerprint density at radius 2 is 1.95 bits per heavy atom. The number of hydrogen-bond donors (Lipinski definition) is 1. The van der Waals surface area contributed by atoms with Crippen LogP contribution in [0.15, 0.2) is 35.3 Å². The topological polar surface area (TPSA) is 24.4 Å². The van der Waals surface area contributed by atoms with E-state index in [0.717, 1.165) is 12.5 Å². The van der Waals surface area contributed by atoms with E-state index < -0.39 is 0 Å². The van der Waals surface area contributed by atoms with Crippen molar-refractivity contribution in [3.8, 4) is 0 Å². The fraction of sp³-hybridized carbons (Fsp3) is 0.588. The van der Waals surface area contributed by atoms with E-state index in [1.165, 1.54) is 42.8 Å². The van der Waals surface area contributed by atoms with Crippen molar-refractivity contribution >= 4 is 16.9 Å². The molecular formula is C17H24N2S. The van der Waals surface area contributed by atoms with Crippen molar-refractivity contribution in [2.24, 2.45) is 10.9 Å². The van der Waals surface area contributed by atoms with Crippen LogP contribution in [0, 0.1) is 5.92 Å². The second-order valence-electron chi connectivity index (χ2n) is 6.12. The summed E-state index contributed by atoms with van der Waals surface area (Å²) in [6.45, 7) is 3.30. The molecule has 0 radical (unpaired) electrons. The third kappa shape index (κ3) is 3.57. The Morgan fingerprint density at radius 1 is 1.10 bits per heavy atom. The zero-order valence-electron chi connectivity index (χ0n) is 12.2. The van der Waals surface area contributed by atoms with E-state index in [0.29, 0.717) is 11.3 Å². The first-order valence-electron chi connectivity index (χ1n) is 7.84. The molecule has 2 nitrogen and oxygen atoms in total. The van der Waals surface area contributed by atoms with Crippen LogP contribution in [0.5, 0.6) is 0 Å². The van der Waals surface area contributed by atoms with E-state index in [-0.39, 0.29) is 0 Å². The maximum atomic E-state index is 4.71. The molecule has 3 heteroatoms. The Hall–Kier alpha value is -0.960. The Labute approximate surface area is 126 Å².